The number of rotatable bonds is 10. The van der Waals surface area contributed by atoms with Crippen LogP contribution in [0.15, 0.2) is 47.1 Å². The molecular formula is C23H24N2O7S. The standard InChI is InChI=1S/C23H24N2O7S/c1-14-11-20(25-22(27)17-5-4-10-31-17)33-21(14)23(28)32-13-19(26)24-9-8-15-6-7-16(29-2)18(12-15)30-3/h4-7,10-12H,8-9,13H2,1-3H3,(H,24,26)(H,25,27). The van der Waals surface area contributed by atoms with Crippen LogP contribution >= 0.6 is 11.3 Å². The van der Waals surface area contributed by atoms with Crippen LogP contribution in [0.5, 0.6) is 11.5 Å². The molecule has 33 heavy (non-hydrogen) atoms. The lowest BCUT2D eigenvalue weighted by atomic mass is 10.1. The Balaban J connectivity index is 1.45. The highest BCUT2D eigenvalue weighted by molar-refractivity contribution is 7.18. The van der Waals surface area contributed by atoms with E-state index in [1.165, 1.54) is 12.3 Å². The monoisotopic (exact) mass is 472 g/mol. The third-order valence-electron chi connectivity index (χ3n) is 4.60. The van der Waals surface area contributed by atoms with Crippen molar-refractivity contribution in [2.24, 2.45) is 0 Å². The molecule has 0 bridgehead atoms. The second kappa shape index (κ2) is 11.2. The first-order valence-electron chi connectivity index (χ1n) is 10.0. The molecule has 9 nitrogen and oxygen atoms in total. The smallest absolute Gasteiger partial charge is 0.349 e. The highest BCUT2D eigenvalue weighted by Gasteiger charge is 2.18. The van der Waals surface area contributed by atoms with Gasteiger partial charge in [-0.1, -0.05) is 6.07 Å². The van der Waals surface area contributed by atoms with Crippen molar-refractivity contribution >= 4 is 34.1 Å². The number of carbonyl (C=O) groups is 3. The first kappa shape index (κ1) is 23.9. The highest BCUT2D eigenvalue weighted by Crippen LogP contribution is 2.28. The molecule has 2 heterocycles. The van der Waals surface area contributed by atoms with Gasteiger partial charge in [-0.3, -0.25) is 9.59 Å². The summed E-state index contributed by atoms with van der Waals surface area (Å²) in [4.78, 5) is 36.8. The third kappa shape index (κ3) is 6.36. The molecule has 0 unspecified atom stereocenters. The van der Waals surface area contributed by atoms with Crippen molar-refractivity contribution in [2.45, 2.75) is 13.3 Å². The molecule has 3 aromatic rings. The maximum atomic E-state index is 12.4. The van der Waals surface area contributed by atoms with Crippen molar-refractivity contribution in [1.82, 2.24) is 5.32 Å². The Hall–Kier alpha value is -3.79. The van der Waals surface area contributed by atoms with E-state index in [4.69, 9.17) is 18.6 Å². The largest absolute Gasteiger partial charge is 0.493 e. The number of hydrogen-bond donors (Lipinski definition) is 2. The Morgan fingerprint density at radius 1 is 1.06 bits per heavy atom. The van der Waals surface area contributed by atoms with Crippen molar-refractivity contribution in [1.29, 1.82) is 0 Å². The van der Waals surface area contributed by atoms with Crippen molar-refractivity contribution in [3.05, 3.63) is 64.4 Å². The number of nitrogens with one attached hydrogen (secondary N) is 2. The second-order valence-corrected chi connectivity index (χ2v) is 7.97. The molecule has 0 atom stereocenters. The van der Waals surface area contributed by atoms with Crippen molar-refractivity contribution < 1.29 is 33.0 Å². The number of anilines is 1. The molecule has 0 aliphatic heterocycles. The zero-order chi connectivity index (χ0) is 23.8. The van der Waals surface area contributed by atoms with E-state index in [2.05, 4.69) is 10.6 Å². The van der Waals surface area contributed by atoms with Crippen molar-refractivity contribution in [3.8, 4) is 11.5 Å². The Morgan fingerprint density at radius 3 is 2.55 bits per heavy atom. The van der Waals surface area contributed by atoms with E-state index in [1.807, 2.05) is 12.1 Å². The Bertz CT molecular complexity index is 1120. The predicted octanol–water partition coefficient (Wildman–Crippen LogP) is 3.43. The van der Waals surface area contributed by atoms with E-state index in [0.29, 0.717) is 39.9 Å². The average Bonchev–Trinajstić information content (AvgIpc) is 3.47. The summed E-state index contributed by atoms with van der Waals surface area (Å²) in [5.74, 6) is -0.0635. The number of amides is 2. The first-order chi connectivity index (χ1) is 15.9. The fraction of sp³-hybridized carbons (Fsp3) is 0.261. The summed E-state index contributed by atoms with van der Waals surface area (Å²) in [6.07, 6.45) is 1.97. The van der Waals surface area contributed by atoms with Gasteiger partial charge >= 0.3 is 5.97 Å². The molecule has 0 saturated carbocycles. The summed E-state index contributed by atoms with van der Waals surface area (Å²) >= 11 is 1.06. The quantitative estimate of drug-likeness (QED) is 0.434. The molecular weight excluding hydrogens is 448 g/mol. The van der Waals surface area contributed by atoms with E-state index >= 15 is 0 Å². The molecule has 2 aromatic heterocycles. The lowest BCUT2D eigenvalue weighted by molar-refractivity contribution is -0.124. The molecule has 0 saturated heterocycles. The Morgan fingerprint density at radius 2 is 1.85 bits per heavy atom. The second-order valence-electron chi connectivity index (χ2n) is 6.92. The van der Waals surface area contributed by atoms with Gasteiger partial charge in [-0.2, -0.15) is 0 Å². The number of hydrogen-bond acceptors (Lipinski definition) is 8. The summed E-state index contributed by atoms with van der Waals surface area (Å²) in [6, 6.07) is 10.3. The molecule has 3 rings (SSSR count). The minimum Gasteiger partial charge on any atom is -0.493 e. The summed E-state index contributed by atoms with van der Waals surface area (Å²) in [7, 11) is 3.12. The van der Waals surface area contributed by atoms with Crippen LogP contribution in [0, 0.1) is 6.92 Å². The topological polar surface area (TPSA) is 116 Å². The summed E-state index contributed by atoms with van der Waals surface area (Å²) < 4.78 is 20.6. The first-order valence-corrected chi connectivity index (χ1v) is 10.8. The third-order valence-corrected chi connectivity index (χ3v) is 5.74. The number of esters is 1. The predicted molar refractivity (Wildman–Crippen MR) is 122 cm³/mol. The fourth-order valence-electron chi connectivity index (χ4n) is 2.96. The molecule has 2 N–H and O–H groups in total. The van der Waals surface area contributed by atoms with Gasteiger partial charge in [0, 0.05) is 6.54 Å². The fourth-order valence-corrected chi connectivity index (χ4v) is 3.92. The van der Waals surface area contributed by atoms with Crippen LogP contribution in [0.3, 0.4) is 0 Å². The summed E-state index contributed by atoms with van der Waals surface area (Å²) in [5.41, 5.74) is 1.59. The van der Waals surface area contributed by atoms with Gasteiger partial charge in [0.15, 0.2) is 23.9 Å². The summed E-state index contributed by atoms with van der Waals surface area (Å²) in [5, 5.41) is 5.85. The molecule has 174 valence electrons. The maximum absolute atomic E-state index is 12.4. The van der Waals surface area contributed by atoms with Gasteiger partial charge in [0.2, 0.25) is 0 Å². The molecule has 0 fully saturated rings. The van der Waals surface area contributed by atoms with Crippen molar-refractivity contribution in [3.63, 3.8) is 0 Å². The highest BCUT2D eigenvalue weighted by atomic mass is 32.1. The van der Waals surface area contributed by atoms with Crippen LogP contribution in [0.4, 0.5) is 5.00 Å². The van der Waals surface area contributed by atoms with Gasteiger partial charge in [0.05, 0.1) is 25.5 Å². The molecule has 0 aliphatic carbocycles. The molecule has 0 aliphatic rings. The number of benzene rings is 1. The zero-order valence-corrected chi connectivity index (χ0v) is 19.2. The van der Waals surface area contributed by atoms with E-state index in [1.54, 1.807) is 39.3 Å². The van der Waals surface area contributed by atoms with Gasteiger partial charge in [0.1, 0.15) is 4.88 Å². The normalized spacial score (nSPS) is 10.4. The Labute approximate surface area is 194 Å². The molecule has 10 heteroatoms. The van der Waals surface area contributed by atoms with Crippen LogP contribution in [0.25, 0.3) is 0 Å². The van der Waals surface area contributed by atoms with Crippen LogP contribution < -0.4 is 20.1 Å². The van der Waals surface area contributed by atoms with Gasteiger partial charge in [-0.25, -0.2) is 4.79 Å². The van der Waals surface area contributed by atoms with Crippen LogP contribution in [-0.2, 0) is 16.0 Å². The number of aryl methyl sites for hydroxylation is 1. The SMILES string of the molecule is COc1ccc(CCNC(=O)COC(=O)c2sc(NC(=O)c3ccco3)cc2C)cc1OC. The average molecular weight is 473 g/mol. The lowest BCUT2D eigenvalue weighted by Crippen LogP contribution is -2.30. The number of thiophene rings is 1. The number of furan rings is 1. The Kier molecular flexibility index (Phi) is 8.09. The summed E-state index contributed by atoms with van der Waals surface area (Å²) in [6.45, 7) is 1.68. The number of carbonyl (C=O) groups excluding carboxylic acids is 3. The zero-order valence-electron chi connectivity index (χ0n) is 18.4. The van der Waals surface area contributed by atoms with E-state index in [0.717, 1.165) is 16.9 Å². The molecule has 0 radical (unpaired) electrons. The van der Waals surface area contributed by atoms with Gasteiger partial charge in [-0.15, -0.1) is 11.3 Å². The minimum atomic E-state index is -0.633. The van der Waals surface area contributed by atoms with Crippen LogP contribution in [0.2, 0.25) is 0 Å². The lowest BCUT2D eigenvalue weighted by Gasteiger charge is -2.10. The van der Waals surface area contributed by atoms with Gasteiger partial charge in [0.25, 0.3) is 11.8 Å². The molecule has 2 amide bonds. The van der Waals surface area contributed by atoms with Crippen LogP contribution in [0.1, 0.15) is 31.4 Å². The van der Waals surface area contributed by atoms with E-state index in [9.17, 15) is 14.4 Å². The number of ether oxygens (including phenoxy) is 3. The molecule has 0 spiro atoms. The van der Waals surface area contributed by atoms with E-state index < -0.39 is 24.4 Å². The van der Waals surface area contributed by atoms with E-state index in [-0.39, 0.29) is 5.76 Å². The number of methoxy groups -OCH3 is 2. The minimum absolute atomic E-state index is 0.162. The molecule has 1 aromatic carbocycles. The van der Waals surface area contributed by atoms with Gasteiger partial charge < -0.3 is 29.3 Å². The van der Waals surface area contributed by atoms with Crippen molar-refractivity contribution in [2.75, 3.05) is 32.7 Å². The van der Waals surface area contributed by atoms with Gasteiger partial charge in [-0.05, 0) is 54.8 Å². The van der Waals surface area contributed by atoms with Crippen LogP contribution in [-0.4, -0.2) is 45.2 Å². The maximum Gasteiger partial charge on any atom is 0.349 e.